The zero-order chi connectivity index (χ0) is 14.7. The molecule has 0 saturated heterocycles. The lowest BCUT2D eigenvalue weighted by atomic mass is 10.2. The lowest BCUT2D eigenvalue weighted by Crippen LogP contribution is -2.46. The van der Waals surface area contributed by atoms with Crippen LogP contribution in [0, 0.1) is 15.9 Å². The minimum Gasteiger partial charge on any atom is -0.485 e. The van der Waals surface area contributed by atoms with Gasteiger partial charge in [0.2, 0.25) is 5.91 Å². The molecule has 1 aliphatic carbocycles. The first-order chi connectivity index (χ1) is 9.47. The Morgan fingerprint density at radius 2 is 2.30 bits per heavy atom. The molecule has 2 rings (SSSR count). The molecule has 0 radical (unpaired) electrons. The third-order valence-electron chi connectivity index (χ3n) is 2.88. The first kappa shape index (κ1) is 14.2. The number of rotatable bonds is 7. The summed E-state index contributed by atoms with van der Waals surface area (Å²) in [5, 5.41) is 13.8. The summed E-state index contributed by atoms with van der Waals surface area (Å²) >= 11 is 0. The number of nitro groups is 1. The van der Waals surface area contributed by atoms with Crippen LogP contribution >= 0.6 is 0 Å². The van der Waals surface area contributed by atoms with Crippen LogP contribution in [0.25, 0.3) is 0 Å². The molecule has 0 heterocycles. The first-order valence-corrected chi connectivity index (χ1v) is 6.09. The second-order valence-corrected chi connectivity index (χ2v) is 4.58. The number of ether oxygens (including phenoxy) is 1. The fourth-order valence-corrected chi connectivity index (χ4v) is 1.68. The van der Waals surface area contributed by atoms with Crippen LogP contribution < -0.4 is 15.8 Å². The summed E-state index contributed by atoms with van der Waals surface area (Å²) in [4.78, 5) is 21.3. The summed E-state index contributed by atoms with van der Waals surface area (Å²) in [5.41, 5.74) is 4.74. The van der Waals surface area contributed by atoms with Gasteiger partial charge in [-0.3, -0.25) is 14.9 Å². The van der Waals surface area contributed by atoms with E-state index in [2.05, 4.69) is 5.32 Å². The Kier molecular flexibility index (Phi) is 4.14. The van der Waals surface area contributed by atoms with Crippen molar-refractivity contribution < 1.29 is 18.8 Å². The van der Waals surface area contributed by atoms with E-state index in [0.29, 0.717) is 0 Å². The van der Waals surface area contributed by atoms with Gasteiger partial charge in [0, 0.05) is 6.04 Å². The van der Waals surface area contributed by atoms with E-state index >= 15 is 0 Å². The minimum absolute atomic E-state index is 0.0970. The van der Waals surface area contributed by atoms with E-state index in [-0.39, 0.29) is 18.4 Å². The van der Waals surface area contributed by atoms with E-state index in [9.17, 15) is 19.3 Å². The van der Waals surface area contributed by atoms with Crippen LogP contribution in [0.3, 0.4) is 0 Å². The van der Waals surface area contributed by atoms with E-state index in [0.717, 1.165) is 31.0 Å². The number of primary amides is 1. The third-order valence-corrected chi connectivity index (χ3v) is 2.88. The molecule has 1 fully saturated rings. The van der Waals surface area contributed by atoms with Crippen molar-refractivity contribution in [3.63, 3.8) is 0 Å². The van der Waals surface area contributed by atoms with Crippen LogP contribution in [0.1, 0.15) is 12.8 Å². The Hall–Kier alpha value is -2.22. The first-order valence-electron chi connectivity index (χ1n) is 6.09. The molecule has 0 spiro atoms. The van der Waals surface area contributed by atoms with Crippen LogP contribution in [0.4, 0.5) is 10.1 Å². The number of hydrogen-bond acceptors (Lipinski definition) is 5. The molecular weight excluding hydrogens is 269 g/mol. The van der Waals surface area contributed by atoms with Crippen LogP contribution in [-0.4, -0.2) is 29.5 Å². The van der Waals surface area contributed by atoms with Gasteiger partial charge in [0.15, 0.2) is 5.75 Å². The summed E-state index contributed by atoms with van der Waals surface area (Å²) in [6.07, 6.45) is 1.92. The zero-order valence-corrected chi connectivity index (χ0v) is 10.5. The number of carbonyl (C=O) groups is 1. The fraction of sp³-hybridized carbons (Fsp3) is 0.417. The molecular formula is C12H14FN3O4. The predicted octanol–water partition coefficient (Wildman–Crippen LogP) is 0.719. The van der Waals surface area contributed by atoms with Crippen LogP contribution in [0.15, 0.2) is 18.2 Å². The van der Waals surface area contributed by atoms with Crippen LogP contribution in [0.5, 0.6) is 5.75 Å². The van der Waals surface area contributed by atoms with Gasteiger partial charge in [-0.1, -0.05) is 0 Å². The third kappa shape index (κ3) is 3.64. The van der Waals surface area contributed by atoms with Crippen molar-refractivity contribution in [3.8, 4) is 5.75 Å². The number of nitrogens with zero attached hydrogens (tertiary/aromatic N) is 1. The number of halogens is 1. The van der Waals surface area contributed by atoms with Crippen molar-refractivity contribution in [2.45, 2.75) is 24.9 Å². The van der Waals surface area contributed by atoms with Crippen LogP contribution in [-0.2, 0) is 4.79 Å². The highest BCUT2D eigenvalue weighted by Gasteiger charge is 2.28. The number of nitro benzene ring substituents is 1. The Labute approximate surface area is 114 Å². The van der Waals surface area contributed by atoms with E-state index in [4.69, 9.17) is 10.5 Å². The van der Waals surface area contributed by atoms with Crippen molar-refractivity contribution in [3.05, 3.63) is 34.1 Å². The minimum atomic E-state index is -0.744. The van der Waals surface area contributed by atoms with E-state index < -0.39 is 28.4 Å². The standard InChI is InChI=1S/C12H14FN3O4/c13-7-1-4-11(10(5-7)16(18)19)20-6-9(12(14)17)15-8-2-3-8/h1,4-5,8-9,15H,2-3,6H2,(H2,14,17). The van der Waals surface area contributed by atoms with Gasteiger partial charge in [-0.15, -0.1) is 0 Å². The van der Waals surface area contributed by atoms with Crippen molar-refractivity contribution in [2.75, 3.05) is 6.61 Å². The molecule has 1 atom stereocenters. The monoisotopic (exact) mass is 283 g/mol. The van der Waals surface area contributed by atoms with E-state index in [1.165, 1.54) is 0 Å². The number of amides is 1. The summed E-state index contributed by atoms with van der Waals surface area (Å²) in [5.74, 6) is -1.42. The Morgan fingerprint density at radius 1 is 1.60 bits per heavy atom. The molecule has 20 heavy (non-hydrogen) atoms. The topological polar surface area (TPSA) is 107 Å². The fourth-order valence-electron chi connectivity index (χ4n) is 1.68. The zero-order valence-electron chi connectivity index (χ0n) is 10.5. The number of hydrogen-bond donors (Lipinski definition) is 2. The normalized spacial score (nSPS) is 15.7. The highest BCUT2D eigenvalue weighted by Crippen LogP contribution is 2.27. The smallest absolute Gasteiger partial charge is 0.313 e. The SMILES string of the molecule is NC(=O)C(COc1ccc(F)cc1[N+](=O)[O-])NC1CC1. The lowest BCUT2D eigenvalue weighted by Gasteiger charge is -2.15. The number of benzene rings is 1. The van der Waals surface area contributed by atoms with Gasteiger partial charge >= 0.3 is 5.69 Å². The van der Waals surface area contributed by atoms with Crippen LogP contribution in [0.2, 0.25) is 0 Å². The van der Waals surface area contributed by atoms with Gasteiger partial charge in [0.1, 0.15) is 18.5 Å². The van der Waals surface area contributed by atoms with Crippen molar-refractivity contribution >= 4 is 11.6 Å². The summed E-state index contributed by atoms with van der Waals surface area (Å²) in [6.45, 7) is -0.141. The Bertz CT molecular complexity index is 533. The van der Waals surface area contributed by atoms with Crippen molar-refractivity contribution in [2.24, 2.45) is 5.73 Å². The quantitative estimate of drug-likeness (QED) is 0.566. The second kappa shape index (κ2) is 5.83. The van der Waals surface area contributed by atoms with Gasteiger partial charge in [0.25, 0.3) is 0 Å². The molecule has 1 aromatic rings. The molecule has 0 aromatic heterocycles. The van der Waals surface area contributed by atoms with Crippen molar-refractivity contribution in [1.82, 2.24) is 5.32 Å². The Balaban J connectivity index is 2.04. The molecule has 0 aliphatic heterocycles. The molecule has 1 aromatic carbocycles. The molecule has 7 nitrogen and oxygen atoms in total. The molecule has 108 valence electrons. The van der Waals surface area contributed by atoms with Crippen molar-refractivity contribution in [1.29, 1.82) is 0 Å². The number of carbonyl (C=O) groups excluding carboxylic acids is 1. The highest BCUT2D eigenvalue weighted by molar-refractivity contribution is 5.80. The van der Waals surface area contributed by atoms with Gasteiger partial charge in [-0.05, 0) is 25.0 Å². The summed E-state index contributed by atoms with van der Waals surface area (Å²) in [7, 11) is 0. The highest BCUT2D eigenvalue weighted by atomic mass is 19.1. The van der Waals surface area contributed by atoms with Gasteiger partial charge < -0.3 is 15.8 Å². The molecule has 1 saturated carbocycles. The second-order valence-electron chi connectivity index (χ2n) is 4.58. The largest absolute Gasteiger partial charge is 0.485 e. The summed E-state index contributed by atoms with van der Waals surface area (Å²) < 4.78 is 18.2. The number of nitrogens with two attached hydrogens (primary N) is 1. The number of nitrogens with one attached hydrogen (secondary N) is 1. The average Bonchev–Trinajstić information content (AvgIpc) is 3.19. The molecule has 1 amide bonds. The predicted molar refractivity (Wildman–Crippen MR) is 67.7 cm³/mol. The average molecular weight is 283 g/mol. The lowest BCUT2D eigenvalue weighted by molar-refractivity contribution is -0.386. The summed E-state index contributed by atoms with van der Waals surface area (Å²) in [6, 6.07) is 2.48. The molecule has 1 aliphatic rings. The molecule has 1 unspecified atom stereocenters. The molecule has 8 heteroatoms. The molecule has 3 N–H and O–H groups in total. The van der Waals surface area contributed by atoms with E-state index in [1.54, 1.807) is 0 Å². The maximum atomic E-state index is 13.0. The van der Waals surface area contributed by atoms with E-state index in [1.807, 2.05) is 0 Å². The Morgan fingerprint density at radius 3 is 2.85 bits per heavy atom. The maximum absolute atomic E-state index is 13.0. The van der Waals surface area contributed by atoms with Gasteiger partial charge in [-0.2, -0.15) is 0 Å². The van der Waals surface area contributed by atoms with Gasteiger partial charge in [0.05, 0.1) is 11.0 Å². The molecule has 0 bridgehead atoms. The maximum Gasteiger partial charge on any atom is 0.313 e. The van der Waals surface area contributed by atoms with Gasteiger partial charge in [-0.25, -0.2) is 4.39 Å².